The van der Waals surface area contributed by atoms with Gasteiger partial charge in [0.1, 0.15) is 11.4 Å². The lowest BCUT2D eigenvalue weighted by molar-refractivity contribution is -0.118. The van der Waals surface area contributed by atoms with Crippen LogP contribution in [0.1, 0.15) is 32.8 Å². The molecule has 0 aromatic heterocycles. The molecule has 0 aliphatic rings. The fraction of sp³-hybridized carbons (Fsp3) is 0.529. The van der Waals surface area contributed by atoms with Gasteiger partial charge in [0.2, 0.25) is 5.91 Å². The Morgan fingerprint density at radius 3 is 2.56 bits per heavy atom. The standard InChI is InChI=1S/C17H24BrFN2O3S/c1-17(2,3)24-16(23)21-8-4-7-20-15(22)11-25-10-12-5-6-13(18)9-14(12)19/h5-6,9H,4,7-8,10-11H2,1-3H3,(H,20,22)(H,21,23). The highest BCUT2D eigenvalue weighted by atomic mass is 79.9. The van der Waals surface area contributed by atoms with Crippen LogP contribution in [0.25, 0.3) is 0 Å². The van der Waals surface area contributed by atoms with Gasteiger partial charge in [0.05, 0.1) is 5.75 Å². The van der Waals surface area contributed by atoms with Crippen LogP contribution in [0.5, 0.6) is 0 Å². The molecule has 1 rings (SSSR count). The van der Waals surface area contributed by atoms with Crippen molar-refractivity contribution < 1.29 is 18.7 Å². The normalized spacial score (nSPS) is 11.1. The van der Waals surface area contributed by atoms with Crippen molar-refractivity contribution in [3.8, 4) is 0 Å². The van der Waals surface area contributed by atoms with Crippen LogP contribution in [0.3, 0.4) is 0 Å². The molecule has 0 bridgehead atoms. The van der Waals surface area contributed by atoms with Gasteiger partial charge < -0.3 is 15.4 Å². The number of hydrogen-bond donors (Lipinski definition) is 2. The maximum atomic E-state index is 13.6. The van der Waals surface area contributed by atoms with Crippen LogP contribution < -0.4 is 10.6 Å². The fourth-order valence-corrected chi connectivity index (χ4v) is 2.94. The van der Waals surface area contributed by atoms with E-state index in [0.29, 0.717) is 35.3 Å². The third-order valence-electron chi connectivity index (χ3n) is 2.85. The van der Waals surface area contributed by atoms with E-state index in [0.717, 1.165) is 0 Å². The molecule has 0 aliphatic heterocycles. The number of alkyl carbamates (subject to hydrolysis) is 1. The lowest BCUT2D eigenvalue weighted by atomic mass is 10.2. The van der Waals surface area contributed by atoms with Crippen molar-refractivity contribution in [3.63, 3.8) is 0 Å². The minimum atomic E-state index is -0.524. The first kappa shape index (κ1) is 21.8. The SMILES string of the molecule is CC(C)(C)OC(=O)NCCCNC(=O)CSCc1ccc(Br)cc1F. The summed E-state index contributed by atoms with van der Waals surface area (Å²) in [6.45, 7) is 6.27. The first-order chi connectivity index (χ1) is 11.7. The summed E-state index contributed by atoms with van der Waals surface area (Å²) < 4.78 is 19.4. The van der Waals surface area contributed by atoms with Gasteiger partial charge in [0.25, 0.3) is 0 Å². The maximum Gasteiger partial charge on any atom is 0.407 e. The number of ether oxygens (including phenoxy) is 1. The number of carbonyl (C=O) groups excluding carboxylic acids is 2. The van der Waals surface area contributed by atoms with E-state index in [2.05, 4.69) is 26.6 Å². The predicted molar refractivity (Wildman–Crippen MR) is 102 cm³/mol. The summed E-state index contributed by atoms with van der Waals surface area (Å²) in [5, 5.41) is 5.39. The van der Waals surface area contributed by atoms with Crippen LogP contribution in [-0.4, -0.2) is 36.4 Å². The lowest BCUT2D eigenvalue weighted by Gasteiger charge is -2.19. The van der Waals surface area contributed by atoms with Gasteiger partial charge in [-0.25, -0.2) is 9.18 Å². The van der Waals surface area contributed by atoms with E-state index in [9.17, 15) is 14.0 Å². The number of thioether (sulfide) groups is 1. The van der Waals surface area contributed by atoms with Crippen LogP contribution in [0.15, 0.2) is 22.7 Å². The van der Waals surface area contributed by atoms with Crippen molar-refractivity contribution in [1.29, 1.82) is 0 Å². The fourth-order valence-electron chi connectivity index (χ4n) is 1.76. The van der Waals surface area contributed by atoms with Gasteiger partial charge in [0.15, 0.2) is 0 Å². The second-order valence-corrected chi connectivity index (χ2v) is 8.26. The van der Waals surface area contributed by atoms with Crippen molar-refractivity contribution >= 4 is 39.7 Å². The molecule has 0 fully saturated rings. The number of halogens is 2. The Bertz CT molecular complexity index is 594. The van der Waals surface area contributed by atoms with E-state index in [1.807, 2.05) is 0 Å². The average Bonchev–Trinajstić information content (AvgIpc) is 2.47. The molecule has 2 N–H and O–H groups in total. The average molecular weight is 435 g/mol. The van der Waals surface area contributed by atoms with Gasteiger partial charge in [-0.3, -0.25) is 4.79 Å². The molecule has 0 saturated carbocycles. The largest absolute Gasteiger partial charge is 0.444 e. The second kappa shape index (κ2) is 10.7. The van der Waals surface area contributed by atoms with E-state index in [1.54, 1.807) is 32.9 Å². The zero-order chi connectivity index (χ0) is 18.9. The molecule has 0 atom stereocenters. The molecule has 2 amide bonds. The molecule has 8 heteroatoms. The first-order valence-corrected chi connectivity index (χ1v) is 9.87. The predicted octanol–water partition coefficient (Wildman–Crippen LogP) is 3.85. The van der Waals surface area contributed by atoms with Crippen LogP contribution in [-0.2, 0) is 15.3 Å². The Morgan fingerprint density at radius 2 is 1.92 bits per heavy atom. The highest BCUT2D eigenvalue weighted by molar-refractivity contribution is 9.10. The minimum Gasteiger partial charge on any atom is -0.444 e. The Labute approximate surface area is 160 Å². The zero-order valence-corrected chi connectivity index (χ0v) is 17.1. The third-order valence-corrected chi connectivity index (χ3v) is 4.32. The monoisotopic (exact) mass is 434 g/mol. The topological polar surface area (TPSA) is 67.4 Å². The second-order valence-electron chi connectivity index (χ2n) is 6.36. The van der Waals surface area contributed by atoms with Crippen molar-refractivity contribution in [2.45, 2.75) is 38.5 Å². The summed E-state index contributed by atoms with van der Waals surface area (Å²) in [7, 11) is 0. The van der Waals surface area contributed by atoms with Crippen molar-refractivity contribution in [2.24, 2.45) is 0 Å². The van der Waals surface area contributed by atoms with Gasteiger partial charge in [0, 0.05) is 23.3 Å². The zero-order valence-electron chi connectivity index (χ0n) is 14.7. The van der Waals surface area contributed by atoms with E-state index >= 15 is 0 Å². The molecule has 140 valence electrons. The summed E-state index contributed by atoms with van der Waals surface area (Å²) >= 11 is 4.56. The molecule has 0 spiro atoms. The van der Waals surface area contributed by atoms with E-state index in [-0.39, 0.29) is 17.5 Å². The molecule has 0 heterocycles. The van der Waals surface area contributed by atoms with Gasteiger partial charge in [-0.05, 0) is 44.9 Å². The van der Waals surface area contributed by atoms with Crippen LogP contribution in [0.4, 0.5) is 9.18 Å². The van der Waals surface area contributed by atoms with E-state index in [4.69, 9.17) is 4.74 Å². The molecule has 0 radical (unpaired) electrons. The summed E-state index contributed by atoms with van der Waals surface area (Å²) in [6.07, 6.45) is 0.141. The van der Waals surface area contributed by atoms with Gasteiger partial charge in [-0.1, -0.05) is 22.0 Å². The number of rotatable bonds is 8. The first-order valence-electron chi connectivity index (χ1n) is 7.92. The van der Waals surface area contributed by atoms with Crippen LogP contribution in [0, 0.1) is 5.82 Å². The van der Waals surface area contributed by atoms with Gasteiger partial charge in [-0.15, -0.1) is 11.8 Å². The minimum absolute atomic E-state index is 0.111. The number of carbonyl (C=O) groups is 2. The number of hydrogen-bond acceptors (Lipinski definition) is 4. The Balaban J connectivity index is 2.10. The number of amides is 2. The Hall–Kier alpha value is -1.28. The van der Waals surface area contributed by atoms with Crippen molar-refractivity contribution in [1.82, 2.24) is 10.6 Å². The number of benzene rings is 1. The summed E-state index contributed by atoms with van der Waals surface area (Å²) in [5.41, 5.74) is 0.0478. The lowest BCUT2D eigenvalue weighted by Crippen LogP contribution is -2.34. The van der Waals surface area contributed by atoms with E-state index in [1.165, 1.54) is 17.8 Å². The molecule has 25 heavy (non-hydrogen) atoms. The Kier molecular flexibility index (Phi) is 9.27. The molecular formula is C17H24BrFN2O3S. The highest BCUT2D eigenvalue weighted by Crippen LogP contribution is 2.19. The van der Waals surface area contributed by atoms with Crippen molar-refractivity contribution in [2.75, 3.05) is 18.8 Å². The van der Waals surface area contributed by atoms with Gasteiger partial charge in [-0.2, -0.15) is 0 Å². The molecule has 1 aromatic rings. The smallest absolute Gasteiger partial charge is 0.407 e. The molecule has 5 nitrogen and oxygen atoms in total. The summed E-state index contributed by atoms with van der Waals surface area (Å²) in [4.78, 5) is 23.1. The molecule has 1 aromatic carbocycles. The molecular weight excluding hydrogens is 411 g/mol. The molecule has 0 aliphatic carbocycles. The van der Waals surface area contributed by atoms with Crippen LogP contribution >= 0.6 is 27.7 Å². The van der Waals surface area contributed by atoms with Gasteiger partial charge >= 0.3 is 6.09 Å². The van der Waals surface area contributed by atoms with E-state index < -0.39 is 11.7 Å². The third kappa shape index (κ3) is 10.3. The number of nitrogens with one attached hydrogen (secondary N) is 2. The molecule has 0 unspecified atom stereocenters. The van der Waals surface area contributed by atoms with Crippen molar-refractivity contribution in [3.05, 3.63) is 34.1 Å². The maximum absolute atomic E-state index is 13.6. The Morgan fingerprint density at radius 1 is 1.24 bits per heavy atom. The summed E-state index contributed by atoms with van der Waals surface area (Å²) in [5.74, 6) is 0.303. The summed E-state index contributed by atoms with van der Waals surface area (Å²) in [6, 6.07) is 4.89. The quantitative estimate of drug-likeness (QED) is 0.609. The van der Waals surface area contributed by atoms with Crippen LogP contribution in [0.2, 0.25) is 0 Å². The molecule has 0 saturated heterocycles. The highest BCUT2D eigenvalue weighted by Gasteiger charge is 2.15.